The maximum Gasteiger partial charge on any atom is 0.250 e. The molecule has 0 spiro atoms. The van der Waals surface area contributed by atoms with Gasteiger partial charge in [0.1, 0.15) is 12.4 Å². The van der Waals surface area contributed by atoms with Gasteiger partial charge in [0.15, 0.2) is 10.9 Å². The average molecular weight is 387 g/mol. The van der Waals surface area contributed by atoms with Crippen LogP contribution in [-0.2, 0) is 11.2 Å². The fourth-order valence-corrected chi connectivity index (χ4v) is 4.08. The molecule has 2 heterocycles. The smallest absolute Gasteiger partial charge is 0.250 e. The molecule has 5 nitrogen and oxygen atoms in total. The molecule has 0 saturated carbocycles. The Morgan fingerprint density at radius 1 is 1.35 bits per heavy atom. The van der Waals surface area contributed by atoms with Crippen LogP contribution in [0.4, 0.5) is 5.13 Å². The maximum absolute atomic E-state index is 12.1. The van der Waals surface area contributed by atoms with Gasteiger partial charge >= 0.3 is 0 Å². The van der Waals surface area contributed by atoms with Gasteiger partial charge in [-0.15, -0.1) is 0 Å². The van der Waals surface area contributed by atoms with Crippen molar-refractivity contribution in [2.24, 2.45) is 0 Å². The van der Waals surface area contributed by atoms with Crippen LogP contribution in [0, 0.1) is 0 Å². The Hall–Kier alpha value is -2.44. The number of nitrogens with one attached hydrogen (secondary N) is 1. The standard InChI is InChI=1S/C19H15ClN2O3S/c20-13-5-6-16-12(9-13)8-11(10-25-16)4-7-17(24)22-19-21-14-2-1-3-15(23)18(14)26-19/h4-9H,1-3,10H2,(H,21,22,24)/b7-4+. The average Bonchev–Trinajstić information content (AvgIpc) is 3.03. The molecular formula is C19H15ClN2O3S. The van der Waals surface area contributed by atoms with Gasteiger partial charge in [-0.1, -0.05) is 29.0 Å². The van der Waals surface area contributed by atoms with Crippen LogP contribution in [0.5, 0.6) is 5.75 Å². The fourth-order valence-electron chi connectivity index (χ4n) is 2.91. The van der Waals surface area contributed by atoms with Crippen LogP contribution in [0.1, 0.15) is 33.8 Å². The number of aryl methyl sites for hydroxylation is 1. The van der Waals surface area contributed by atoms with Crippen LogP contribution < -0.4 is 10.1 Å². The van der Waals surface area contributed by atoms with E-state index in [9.17, 15) is 9.59 Å². The van der Waals surface area contributed by atoms with Gasteiger partial charge in [-0.05, 0) is 42.7 Å². The quantitative estimate of drug-likeness (QED) is 0.799. The summed E-state index contributed by atoms with van der Waals surface area (Å²) in [5, 5.41) is 3.82. The minimum Gasteiger partial charge on any atom is -0.488 e. The van der Waals surface area contributed by atoms with E-state index < -0.39 is 0 Å². The predicted molar refractivity (Wildman–Crippen MR) is 102 cm³/mol. The zero-order valence-electron chi connectivity index (χ0n) is 13.8. The molecule has 132 valence electrons. The first kappa shape index (κ1) is 17.0. The number of benzene rings is 1. The Kier molecular flexibility index (Phi) is 4.61. The topological polar surface area (TPSA) is 68.3 Å². The number of rotatable bonds is 3. The third kappa shape index (κ3) is 3.57. The number of amides is 1. The Morgan fingerprint density at radius 2 is 2.23 bits per heavy atom. The Bertz CT molecular complexity index is 962. The molecule has 1 aliphatic carbocycles. The number of Topliss-reactive ketones (excluding diaryl/α,β-unsaturated/α-hetero) is 1. The first-order chi connectivity index (χ1) is 12.6. The number of aromatic nitrogens is 1. The van der Waals surface area contributed by atoms with Gasteiger partial charge in [0.05, 0.1) is 10.6 Å². The lowest BCUT2D eigenvalue weighted by molar-refractivity contribution is -0.111. The van der Waals surface area contributed by atoms with Crippen molar-refractivity contribution < 1.29 is 14.3 Å². The van der Waals surface area contributed by atoms with E-state index in [0.29, 0.717) is 28.1 Å². The molecule has 4 rings (SSSR count). The Balaban J connectivity index is 1.44. The molecule has 1 N–H and O–H groups in total. The summed E-state index contributed by atoms with van der Waals surface area (Å²) in [5.41, 5.74) is 2.54. The molecule has 1 amide bonds. The zero-order valence-corrected chi connectivity index (χ0v) is 15.3. The molecule has 0 atom stereocenters. The number of halogens is 1. The molecule has 0 saturated heterocycles. The highest BCUT2D eigenvalue weighted by molar-refractivity contribution is 7.17. The van der Waals surface area contributed by atoms with E-state index in [1.807, 2.05) is 18.2 Å². The van der Waals surface area contributed by atoms with Crippen molar-refractivity contribution in [3.63, 3.8) is 0 Å². The summed E-state index contributed by atoms with van der Waals surface area (Å²) in [5.74, 6) is 0.594. The highest BCUT2D eigenvalue weighted by Gasteiger charge is 2.22. The maximum atomic E-state index is 12.1. The lowest BCUT2D eigenvalue weighted by atomic mass is 10.0. The molecule has 0 radical (unpaired) electrons. The third-order valence-electron chi connectivity index (χ3n) is 4.15. The number of hydrogen-bond donors (Lipinski definition) is 1. The van der Waals surface area contributed by atoms with E-state index >= 15 is 0 Å². The predicted octanol–water partition coefficient (Wildman–Crippen LogP) is 4.29. The van der Waals surface area contributed by atoms with Crippen molar-refractivity contribution in [1.29, 1.82) is 0 Å². The van der Waals surface area contributed by atoms with Crippen LogP contribution in [-0.4, -0.2) is 23.3 Å². The van der Waals surface area contributed by atoms with Gasteiger partial charge < -0.3 is 4.74 Å². The minimum atomic E-state index is -0.290. The van der Waals surface area contributed by atoms with Gasteiger partial charge in [0.25, 0.3) is 0 Å². The molecule has 0 bridgehead atoms. The number of ketones is 1. The summed E-state index contributed by atoms with van der Waals surface area (Å²) in [6.45, 7) is 0.387. The van der Waals surface area contributed by atoms with E-state index in [1.54, 1.807) is 12.1 Å². The number of anilines is 1. The van der Waals surface area contributed by atoms with E-state index in [1.165, 1.54) is 17.4 Å². The molecule has 7 heteroatoms. The lowest BCUT2D eigenvalue weighted by Crippen LogP contribution is -2.10. The SMILES string of the molecule is O=C(/C=C/C1=Cc2cc(Cl)ccc2OC1)Nc1nc2c(s1)C(=O)CCC2. The number of thiazole rings is 1. The summed E-state index contributed by atoms with van der Waals surface area (Å²) in [4.78, 5) is 29.0. The van der Waals surface area contributed by atoms with E-state index in [2.05, 4.69) is 10.3 Å². The van der Waals surface area contributed by atoms with Gasteiger partial charge in [-0.3, -0.25) is 14.9 Å². The van der Waals surface area contributed by atoms with Crippen LogP contribution >= 0.6 is 22.9 Å². The van der Waals surface area contributed by atoms with Crippen molar-refractivity contribution in [2.45, 2.75) is 19.3 Å². The van der Waals surface area contributed by atoms with E-state index in [4.69, 9.17) is 16.3 Å². The van der Waals surface area contributed by atoms with Crippen LogP contribution in [0.15, 0.2) is 35.9 Å². The lowest BCUT2D eigenvalue weighted by Gasteiger charge is -2.16. The largest absolute Gasteiger partial charge is 0.488 e. The summed E-state index contributed by atoms with van der Waals surface area (Å²) in [6, 6.07) is 5.43. The molecule has 26 heavy (non-hydrogen) atoms. The number of ether oxygens (including phenoxy) is 1. The van der Waals surface area contributed by atoms with Crippen molar-refractivity contribution in [3.05, 3.63) is 57.1 Å². The number of carbonyl (C=O) groups is 2. The molecule has 2 aromatic rings. The van der Waals surface area contributed by atoms with Crippen molar-refractivity contribution >= 4 is 45.8 Å². The first-order valence-electron chi connectivity index (χ1n) is 8.23. The third-order valence-corrected chi connectivity index (χ3v) is 5.44. The van der Waals surface area contributed by atoms with E-state index in [-0.39, 0.29) is 11.7 Å². The monoisotopic (exact) mass is 386 g/mol. The summed E-state index contributed by atoms with van der Waals surface area (Å²) < 4.78 is 5.65. The van der Waals surface area contributed by atoms with Gasteiger partial charge in [-0.2, -0.15) is 0 Å². The van der Waals surface area contributed by atoms with Gasteiger partial charge in [0, 0.05) is 23.1 Å². The van der Waals surface area contributed by atoms with Gasteiger partial charge in [0.2, 0.25) is 5.91 Å². The van der Waals surface area contributed by atoms with Crippen LogP contribution in [0.25, 0.3) is 6.08 Å². The first-order valence-corrected chi connectivity index (χ1v) is 9.43. The molecule has 1 aromatic carbocycles. The van der Waals surface area contributed by atoms with Crippen LogP contribution in [0.2, 0.25) is 5.02 Å². The summed E-state index contributed by atoms with van der Waals surface area (Å²) in [7, 11) is 0. The fraction of sp³-hybridized carbons (Fsp3) is 0.211. The molecule has 0 fully saturated rings. The van der Waals surface area contributed by atoms with Gasteiger partial charge in [-0.25, -0.2) is 4.98 Å². The van der Waals surface area contributed by atoms with Crippen molar-refractivity contribution in [2.75, 3.05) is 11.9 Å². The van der Waals surface area contributed by atoms with Crippen molar-refractivity contribution in [1.82, 2.24) is 4.98 Å². The second-order valence-electron chi connectivity index (χ2n) is 6.08. The summed E-state index contributed by atoms with van der Waals surface area (Å²) in [6.07, 6.45) is 7.25. The zero-order chi connectivity index (χ0) is 18.1. The molecule has 1 aliphatic heterocycles. The van der Waals surface area contributed by atoms with E-state index in [0.717, 1.165) is 35.4 Å². The second-order valence-corrected chi connectivity index (χ2v) is 7.52. The normalized spacial score (nSPS) is 15.9. The van der Waals surface area contributed by atoms with Crippen molar-refractivity contribution in [3.8, 4) is 5.75 Å². The number of carbonyl (C=O) groups excluding carboxylic acids is 2. The minimum absolute atomic E-state index is 0.113. The Morgan fingerprint density at radius 3 is 3.08 bits per heavy atom. The van der Waals surface area contributed by atoms with Crippen LogP contribution in [0.3, 0.4) is 0 Å². The number of hydrogen-bond acceptors (Lipinski definition) is 5. The number of nitrogens with zero attached hydrogens (tertiary/aromatic N) is 1. The Labute approximate surface area is 159 Å². The highest BCUT2D eigenvalue weighted by atomic mass is 35.5. The second kappa shape index (κ2) is 7.05. The molecule has 1 aromatic heterocycles. The number of fused-ring (bicyclic) bond motifs is 2. The summed E-state index contributed by atoms with van der Waals surface area (Å²) >= 11 is 7.24. The molecule has 0 unspecified atom stereocenters. The molecule has 2 aliphatic rings. The highest BCUT2D eigenvalue weighted by Crippen LogP contribution is 2.30. The molecular weight excluding hydrogens is 372 g/mol.